The first-order valence-corrected chi connectivity index (χ1v) is 6.96. The summed E-state index contributed by atoms with van der Waals surface area (Å²) in [5.41, 5.74) is 5.84. The number of nitrogens with one attached hydrogen (secondary N) is 1. The van der Waals surface area contributed by atoms with Gasteiger partial charge in [-0.15, -0.1) is 0 Å². The van der Waals surface area contributed by atoms with Crippen molar-refractivity contribution in [1.29, 1.82) is 0 Å². The van der Waals surface area contributed by atoms with Gasteiger partial charge in [0.15, 0.2) is 0 Å². The van der Waals surface area contributed by atoms with Crippen molar-refractivity contribution in [3.63, 3.8) is 0 Å². The molecule has 1 heterocycles. The minimum absolute atomic E-state index is 0.838. The number of ether oxygens (including phenoxy) is 1. The third kappa shape index (κ3) is 3.17. The Balaban J connectivity index is 2.45. The number of pyridine rings is 1. The van der Waals surface area contributed by atoms with Crippen molar-refractivity contribution < 1.29 is 4.74 Å². The van der Waals surface area contributed by atoms with E-state index in [9.17, 15) is 0 Å². The molecule has 1 aromatic carbocycles. The summed E-state index contributed by atoms with van der Waals surface area (Å²) in [4.78, 5) is 4.36. The largest absolute Gasteiger partial charge is 0.496 e. The molecule has 0 bridgehead atoms. The first-order valence-electron chi connectivity index (χ1n) is 6.96. The molecule has 0 saturated heterocycles. The SMILES string of the molecule is CCNCc1cncc(-c2c(C)cc(C)cc2OC)c1. The number of rotatable bonds is 5. The number of hydrogen-bond donors (Lipinski definition) is 1. The van der Waals surface area contributed by atoms with E-state index in [-0.39, 0.29) is 0 Å². The Morgan fingerprint density at radius 1 is 1.15 bits per heavy atom. The van der Waals surface area contributed by atoms with Gasteiger partial charge in [-0.1, -0.05) is 13.0 Å². The zero-order valence-electron chi connectivity index (χ0n) is 12.7. The minimum Gasteiger partial charge on any atom is -0.496 e. The molecule has 0 fully saturated rings. The van der Waals surface area contributed by atoms with Crippen LogP contribution in [-0.2, 0) is 6.54 Å². The summed E-state index contributed by atoms with van der Waals surface area (Å²) in [6, 6.07) is 6.42. The highest BCUT2D eigenvalue weighted by molar-refractivity contribution is 5.74. The van der Waals surface area contributed by atoms with Gasteiger partial charge in [-0.2, -0.15) is 0 Å². The maximum atomic E-state index is 5.54. The average Bonchev–Trinajstić information content (AvgIpc) is 2.44. The molecular weight excluding hydrogens is 248 g/mol. The van der Waals surface area contributed by atoms with Gasteiger partial charge in [-0.3, -0.25) is 4.98 Å². The van der Waals surface area contributed by atoms with Gasteiger partial charge in [0.2, 0.25) is 0 Å². The first kappa shape index (κ1) is 14.5. The molecule has 0 aliphatic carbocycles. The zero-order chi connectivity index (χ0) is 14.5. The Morgan fingerprint density at radius 2 is 1.95 bits per heavy atom. The maximum absolute atomic E-state index is 5.54. The van der Waals surface area contributed by atoms with Crippen LogP contribution in [0.1, 0.15) is 23.6 Å². The van der Waals surface area contributed by atoms with Crippen molar-refractivity contribution in [3.8, 4) is 16.9 Å². The van der Waals surface area contributed by atoms with Crippen LogP contribution in [0, 0.1) is 13.8 Å². The predicted octanol–water partition coefficient (Wildman–Crippen LogP) is 3.48. The Bertz CT molecular complexity index is 594. The summed E-state index contributed by atoms with van der Waals surface area (Å²) in [6.45, 7) is 8.09. The molecule has 0 aliphatic rings. The highest BCUT2D eigenvalue weighted by Crippen LogP contribution is 2.34. The fourth-order valence-electron chi connectivity index (χ4n) is 2.45. The number of nitrogens with zero attached hydrogens (tertiary/aromatic N) is 1. The van der Waals surface area contributed by atoms with E-state index < -0.39 is 0 Å². The quantitative estimate of drug-likeness (QED) is 0.903. The van der Waals surface area contributed by atoms with Crippen LogP contribution in [0.3, 0.4) is 0 Å². The minimum atomic E-state index is 0.838. The Kier molecular flexibility index (Phi) is 4.74. The molecule has 2 rings (SSSR count). The van der Waals surface area contributed by atoms with Gasteiger partial charge in [0.05, 0.1) is 7.11 Å². The molecule has 3 nitrogen and oxygen atoms in total. The Morgan fingerprint density at radius 3 is 2.65 bits per heavy atom. The second-order valence-electron chi connectivity index (χ2n) is 5.02. The maximum Gasteiger partial charge on any atom is 0.127 e. The van der Waals surface area contributed by atoms with E-state index >= 15 is 0 Å². The van der Waals surface area contributed by atoms with E-state index in [1.807, 2.05) is 12.4 Å². The van der Waals surface area contributed by atoms with E-state index in [4.69, 9.17) is 4.74 Å². The summed E-state index contributed by atoms with van der Waals surface area (Å²) in [5, 5.41) is 3.32. The van der Waals surface area contributed by atoms with Gasteiger partial charge in [-0.05, 0) is 49.2 Å². The molecule has 0 aliphatic heterocycles. The summed E-state index contributed by atoms with van der Waals surface area (Å²) in [5.74, 6) is 0.907. The second kappa shape index (κ2) is 6.53. The van der Waals surface area contributed by atoms with Crippen molar-refractivity contribution in [2.45, 2.75) is 27.3 Å². The van der Waals surface area contributed by atoms with Crippen LogP contribution < -0.4 is 10.1 Å². The molecule has 20 heavy (non-hydrogen) atoms. The van der Waals surface area contributed by atoms with Gasteiger partial charge in [0.1, 0.15) is 5.75 Å². The fourth-order valence-corrected chi connectivity index (χ4v) is 2.45. The summed E-state index contributed by atoms with van der Waals surface area (Å²) in [7, 11) is 1.72. The zero-order valence-corrected chi connectivity index (χ0v) is 12.7. The molecule has 0 saturated carbocycles. The fraction of sp³-hybridized carbons (Fsp3) is 0.353. The molecule has 1 aromatic heterocycles. The van der Waals surface area contributed by atoms with Crippen LogP contribution in [0.15, 0.2) is 30.6 Å². The number of hydrogen-bond acceptors (Lipinski definition) is 3. The van der Waals surface area contributed by atoms with E-state index in [2.05, 4.69) is 49.3 Å². The standard InChI is InChI=1S/C17H22N2O/c1-5-18-9-14-8-15(11-19-10-14)17-13(3)6-12(2)7-16(17)20-4/h6-8,10-11,18H,5,9H2,1-4H3. The van der Waals surface area contributed by atoms with Crippen LogP contribution in [0.5, 0.6) is 5.75 Å². The van der Waals surface area contributed by atoms with Crippen molar-refractivity contribution in [3.05, 3.63) is 47.3 Å². The van der Waals surface area contributed by atoms with Gasteiger partial charge < -0.3 is 10.1 Å². The van der Waals surface area contributed by atoms with Crippen LogP contribution in [0.4, 0.5) is 0 Å². The lowest BCUT2D eigenvalue weighted by Crippen LogP contribution is -2.11. The molecule has 2 aromatic rings. The topological polar surface area (TPSA) is 34.2 Å². The van der Waals surface area contributed by atoms with Crippen LogP contribution in [-0.4, -0.2) is 18.6 Å². The van der Waals surface area contributed by atoms with Gasteiger partial charge in [0, 0.05) is 30.1 Å². The number of methoxy groups -OCH3 is 1. The Labute approximate surface area is 121 Å². The number of aryl methyl sites for hydroxylation is 2. The highest BCUT2D eigenvalue weighted by Gasteiger charge is 2.11. The molecule has 0 spiro atoms. The number of aromatic nitrogens is 1. The smallest absolute Gasteiger partial charge is 0.127 e. The van der Waals surface area contributed by atoms with E-state index in [0.29, 0.717) is 0 Å². The monoisotopic (exact) mass is 270 g/mol. The van der Waals surface area contributed by atoms with Crippen molar-refractivity contribution in [2.75, 3.05) is 13.7 Å². The van der Waals surface area contributed by atoms with E-state index in [0.717, 1.165) is 30.0 Å². The lowest BCUT2D eigenvalue weighted by Gasteiger charge is -2.14. The normalized spacial score (nSPS) is 10.6. The molecule has 0 amide bonds. The van der Waals surface area contributed by atoms with E-state index in [1.165, 1.54) is 16.7 Å². The van der Waals surface area contributed by atoms with Crippen LogP contribution in [0.2, 0.25) is 0 Å². The van der Waals surface area contributed by atoms with Gasteiger partial charge >= 0.3 is 0 Å². The number of benzene rings is 1. The molecule has 0 unspecified atom stereocenters. The second-order valence-corrected chi connectivity index (χ2v) is 5.02. The highest BCUT2D eigenvalue weighted by atomic mass is 16.5. The molecule has 3 heteroatoms. The van der Waals surface area contributed by atoms with Crippen LogP contribution >= 0.6 is 0 Å². The summed E-state index contributed by atoms with van der Waals surface area (Å²) in [6.07, 6.45) is 3.80. The molecule has 0 radical (unpaired) electrons. The lowest BCUT2D eigenvalue weighted by atomic mass is 9.98. The van der Waals surface area contributed by atoms with Crippen LogP contribution in [0.25, 0.3) is 11.1 Å². The molecule has 1 N–H and O–H groups in total. The molecular formula is C17H22N2O. The predicted molar refractivity (Wildman–Crippen MR) is 83.1 cm³/mol. The van der Waals surface area contributed by atoms with Gasteiger partial charge in [-0.25, -0.2) is 0 Å². The Hall–Kier alpha value is -1.87. The van der Waals surface area contributed by atoms with Crippen molar-refractivity contribution in [2.24, 2.45) is 0 Å². The lowest BCUT2D eigenvalue weighted by molar-refractivity contribution is 0.416. The van der Waals surface area contributed by atoms with Crippen molar-refractivity contribution in [1.82, 2.24) is 10.3 Å². The third-order valence-corrected chi connectivity index (χ3v) is 3.33. The molecule has 0 atom stereocenters. The third-order valence-electron chi connectivity index (χ3n) is 3.33. The summed E-state index contributed by atoms with van der Waals surface area (Å²) >= 11 is 0. The average molecular weight is 270 g/mol. The summed E-state index contributed by atoms with van der Waals surface area (Å²) < 4.78 is 5.54. The van der Waals surface area contributed by atoms with E-state index in [1.54, 1.807) is 7.11 Å². The van der Waals surface area contributed by atoms with Crippen molar-refractivity contribution >= 4 is 0 Å². The first-order chi connectivity index (χ1) is 9.65. The van der Waals surface area contributed by atoms with Gasteiger partial charge in [0.25, 0.3) is 0 Å². The molecule has 106 valence electrons.